The molecule has 6 nitrogen and oxygen atoms in total. The van der Waals surface area contributed by atoms with E-state index in [2.05, 4.69) is 15.4 Å². The molecule has 1 aliphatic heterocycles. The number of carbonyl (C=O) groups is 1. The Bertz CT molecular complexity index is 578. The van der Waals surface area contributed by atoms with Crippen LogP contribution in [-0.4, -0.2) is 41.0 Å². The van der Waals surface area contributed by atoms with Crippen molar-refractivity contribution in [1.29, 1.82) is 0 Å². The standard InChI is InChI=1S/C14H21N3O3S/c1-15-14(18)12-4-6-13(7-5-12)21(19,20)17-10-11-3-2-8-16-9-11/h4-7,11,16-17H,2-3,8-10H2,1H3,(H,15,18). The molecule has 2 rings (SSSR count). The van der Waals surface area contributed by atoms with Crippen LogP contribution in [0.1, 0.15) is 23.2 Å². The van der Waals surface area contributed by atoms with Gasteiger partial charge >= 0.3 is 0 Å². The van der Waals surface area contributed by atoms with Crippen LogP contribution >= 0.6 is 0 Å². The maximum absolute atomic E-state index is 12.2. The van der Waals surface area contributed by atoms with Crippen LogP contribution in [0.25, 0.3) is 0 Å². The summed E-state index contributed by atoms with van der Waals surface area (Å²) in [6.45, 7) is 2.29. The SMILES string of the molecule is CNC(=O)c1ccc(S(=O)(=O)NCC2CCCNC2)cc1. The van der Waals surface area contributed by atoms with Crippen molar-refractivity contribution in [2.75, 3.05) is 26.7 Å². The molecule has 1 heterocycles. The van der Waals surface area contributed by atoms with E-state index in [1.54, 1.807) is 0 Å². The quantitative estimate of drug-likeness (QED) is 0.731. The summed E-state index contributed by atoms with van der Waals surface area (Å²) in [5.74, 6) is 0.0962. The Kier molecular flexibility index (Phi) is 5.33. The van der Waals surface area contributed by atoms with Gasteiger partial charge in [0.25, 0.3) is 5.91 Å². The molecular weight excluding hydrogens is 290 g/mol. The Hall–Kier alpha value is -1.44. The van der Waals surface area contributed by atoms with Crippen molar-refractivity contribution in [2.24, 2.45) is 5.92 Å². The average molecular weight is 311 g/mol. The minimum absolute atomic E-state index is 0.180. The molecule has 0 aliphatic carbocycles. The first-order chi connectivity index (χ1) is 10.0. The van der Waals surface area contributed by atoms with Crippen molar-refractivity contribution in [3.05, 3.63) is 29.8 Å². The summed E-state index contributed by atoms with van der Waals surface area (Å²) in [5, 5.41) is 5.75. The number of sulfonamides is 1. The van der Waals surface area contributed by atoms with Crippen molar-refractivity contribution >= 4 is 15.9 Å². The van der Waals surface area contributed by atoms with Gasteiger partial charge < -0.3 is 10.6 Å². The van der Waals surface area contributed by atoms with Crippen LogP contribution in [0.3, 0.4) is 0 Å². The summed E-state index contributed by atoms with van der Waals surface area (Å²) >= 11 is 0. The second-order valence-electron chi connectivity index (χ2n) is 5.17. The largest absolute Gasteiger partial charge is 0.355 e. The predicted molar refractivity (Wildman–Crippen MR) is 80.6 cm³/mol. The van der Waals surface area contributed by atoms with Gasteiger partial charge in [0.05, 0.1) is 4.90 Å². The highest BCUT2D eigenvalue weighted by Gasteiger charge is 2.18. The van der Waals surface area contributed by atoms with Gasteiger partial charge in [-0.1, -0.05) is 0 Å². The number of piperidine rings is 1. The van der Waals surface area contributed by atoms with Crippen molar-refractivity contribution in [3.63, 3.8) is 0 Å². The number of benzene rings is 1. The van der Waals surface area contributed by atoms with Crippen LogP contribution in [0, 0.1) is 5.92 Å². The fraction of sp³-hybridized carbons (Fsp3) is 0.500. The van der Waals surface area contributed by atoms with Crippen LogP contribution in [0.2, 0.25) is 0 Å². The Morgan fingerprint density at radius 2 is 2.05 bits per heavy atom. The molecule has 1 unspecified atom stereocenters. The van der Waals surface area contributed by atoms with E-state index in [1.807, 2.05) is 0 Å². The second kappa shape index (κ2) is 7.02. The van der Waals surface area contributed by atoms with Crippen molar-refractivity contribution in [1.82, 2.24) is 15.4 Å². The van der Waals surface area contributed by atoms with Gasteiger partial charge in [-0.3, -0.25) is 4.79 Å². The first-order valence-electron chi connectivity index (χ1n) is 7.05. The molecule has 0 aromatic heterocycles. The first kappa shape index (κ1) is 15.9. The molecule has 0 bridgehead atoms. The van der Waals surface area contributed by atoms with Crippen LogP contribution in [0.15, 0.2) is 29.2 Å². The highest BCUT2D eigenvalue weighted by atomic mass is 32.2. The first-order valence-corrected chi connectivity index (χ1v) is 8.54. The van der Waals surface area contributed by atoms with E-state index in [0.29, 0.717) is 18.0 Å². The number of nitrogens with one attached hydrogen (secondary N) is 3. The molecule has 21 heavy (non-hydrogen) atoms. The zero-order chi connectivity index (χ0) is 15.3. The zero-order valence-corrected chi connectivity index (χ0v) is 12.9. The van der Waals surface area contributed by atoms with Gasteiger partial charge in [0.1, 0.15) is 0 Å². The summed E-state index contributed by atoms with van der Waals surface area (Å²) < 4.78 is 27.0. The van der Waals surface area contributed by atoms with E-state index in [0.717, 1.165) is 25.9 Å². The summed E-state index contributed by atoms with van der Waals surface area (Å²) in [7, 11) is -1.98. The fourth-order valence-corrected chi connectivity index (χ4v) is 3.46. The van der Waals surface area contributed by atoms with Gasteiger partial charge in [0.15, 0.2) is 0 Å². The molecule has 7 heteroatoms. The van der Waals surface area contributed by atoms with E-state index >= 15 is 0 Å². The molecule has 1 atom stereocenters. The molecule has 0 saturated carbocycles. The Morgan fingerprint density at radius 3 is 2.62 bits per heavy atom. The maximum Gasteiger partial charge on any atom is 0.251 e. The van der Waals surface area contributed by atoms with Crippen molar-refractivity contribution in [3.8, 4) is 0 Å². The molecule has 1 aromatic carbocycles. The molecular formula is C14H21N3O3S. The van der Waals surface area contributed by atoms with Gasteiger partial charge in [-0.25, -0.2) is 13.1 Å². The lowest BCUT2D eigenvalue weighted by Gasteiger charge is -2.22. The Morgan fingerprint density at radius 1 is 1.33 bits per heavy atom. The smallest absolute Gasteiger partial charge is 0.251 e. The predicted octanol–water partition coefficient (Wildman–Crippen LogP) is 0.324. The number of amides is 1. The van der Waals surface area contributed by atoms with Crippen LogP contribution in [0.5, 0.6) is 0 Å². The molecule has 1 saturated heterocycles. The zero-order valence-electron chi connectivity index (χ0n) is 12.1. The lowest BCUT2D eigenvalue weighted by atomic mass is 10.0. The minimum atomic E-state index is -3.52. The third-order valence-corrected chi connectivity index (χ3v) is 5.05. The highest BCUT2D eigenvalue weighted by Crippen LogP contribution is 2.13. The maximum atomic E-state index is 12.2. The Labute approximate surface area is 125 Å². The molecule has 3 N–H and O–H groups in total. The summed E-state index contributed by atoms with van der Waals surface area (Å²) in [5.41, 5.74) is 0.438. The van der Waals surface area contributed by atoms with Crippen LogP contribution < -0.4 is 15.4 Å². The molecule has 0 radical (unpaired) electrons. The second-order valence-corrected chi connectivity index (χ2v) is 6.93. The topological polar surface area (TPSA) is 87.3 Å². The summed E-state index contributed by atoms with van der Waals surface area (Å²) in [6.07, 6.45) is 2.11. The third kappa shape index (κ3) is 4.26. The molecule has 116 valence electrons. The normalized spacial score (nSPS) is 19.2. The third-order valence-electron chi connectivity index (χ3n) is 3.61. The van der Waals surface area contributed by atoms with Crippen LogP contribution in [-0.2, 0) is 10.0 Å². The fourth-order valence-electron chi connectivity index (χ4n) is 2.34. The molecule has 1 aliphatic rings. The number of carbonyl (C=O) groups excluding carboxylic acids is 1. The lowest BCUT2D eigenvalue weighted by molar-refractivity contribution is 0.0963. The van der Waals surface area contributed by atoms with Crippen molar-refractivity contribution in [2.45, 2.75) is 17.7 Å². The number of hydrogen-bond donors (Lipinski definition) is 3. The van der Waals surface area contributed by atoms with Gasteiger partial charge in [-0.2, -0.15) is 0 Å². The van der Waals surface area contributed by atoms with Gasteiger partial charge in [0.2, 0.25) is 10.0 Å². The van der Waals surface area contributed by atoms with E-state index < -0.39 is 10.0 Å². The molecule has 0 spiro atoms. The highest BCUT2D eigenvalue weighted by molar-refractivity contribution is 7.89. The monoisotopic (exact) mass is 311 g/mol. The van der Waals surface area contributed by atoms with Gasteiger partial charge in [-0.15, -0.1) is 0 Å². The Balaban J connectivity index is 1.99. The van der Waals surface area contributed by atoms with E-state index in [-0.39, 0.29) is 10.8 Å². The van der Waals surface area contributed by atoms with Gasteiger partial charge in [0, 0.05) is 19.2 Å². The van der Waals surface area contributed by atoms with E-state index in [9.17, 15) is 13.2 Å². The number of hydrogen-bond acceptors (Lipinski definition) is 4. The van der Waals surface area contributed by atoms with E-state index in [4.69, 9.17) is 0 Å². The minimum Gasteiger partial charge on any atom is -0.355 e. The summed E-state index contributed by atoms with van der Waals surface area (Å²) in [4.78, 5) is 11.6. The number of rotatable bonds is 5. The molecule has 1 aromatic rings. The van der Waals surface area contributed by atoms with Gasteiger partial charge in [-0.05, 0) is 56.1 Å². The molecule has 1 fully saturated rings. The summed E-state index contributed by atoms with van der Waals surface area (Å²) in [6, 6.07) is 5.92. The average Bonchev–Trinajstić information content (AvgIpc) is 2.53. The van der Waals surface area contributed by atoms with Crippen molar-refractivity contribution < 1.29 is 13.2 Å². The van der Waals surface area contributed by atoms with E-state index in [1.165, 1.54) is 31.3 Å². The molecule has 1 amide bonds. The lowest BCUT2D eigenvalue weighted by Crippen LogP contribution is -2.38. The van der Waals surface area contributed by atoms with Crippen LogP contribution in [0.4, 0.5) is 0 Å².